The van der Waals surface area contributed by atoms with Gasteiger partial charge in [-0.2, -0.15) is 0 Å². The van der Waals surface area contributed by atoms with Crippen molar-refractivity contribution < 1.29 is 13.2 Å². The highest BCUT2D eigenvalue weighted by molar-refractivity contribution is 7.89. The fraction of sp³-hybridized carbons (Fsp3) is 0.417. The molecule has 1 aromatic carbocycles. The van der Waals surface area contributed by atoms with E-state index in [1.54, 1.807) is 0 Å². The van der Waals surface area contributed by atoms with E-state index in [1.165, 1.54) is 24.3 Å². The van der Waals surface area contributed by atoms with E-state index < -0.39 is 10.0 Å². The summed E-state index contributed by atoms with van der Waals surface area (Å²) in [7, 11) is -3.48. The van der Waals surface area contributed by atoms with Crippen LogP contribution >= 0.6 is 11.6 Å². The number of halogens is 1. The Hall–Kier alpha value is -0.910. The molecule has 0 unspecified atom stereocenters. The number of unbranched alkanes of at least 4 members (excludes halogenated alkanes) is 1. The summed E-state index contributed by atoms with van der Waals surface area (Å²) in [5.41, 5.74) is 0.414. The quantitative estimate of drug-likeness (QED) is 0.475. The molecule has 0 fully saturated rings. The normalized spacial score (nSPS) is 11.4. The predicted octanol–water partition coefficient (Wildman–Crippen LogP) is 2.19. The van der Waals surface area contributed by atoms with E-state index >= 15 is 0 Å². The van der Waals surface area contributed by atoms with Crippen LogP contribution in [0.1, 0.15) is 30.1 Å². The largest absolute Gasteiger partial charge is 0.293 e. The molecule has 0 amide bonds. The SMILES string of the molecule is CCCCNS(=O)(=O)c1ccc(C(=O)CCl)cc1. The fourth-order valence-corrected chi connectivity index (χ4v) is 2.59. The van der Waals surface area contributed by atoms with Crippen molar-refractivity contribution in [1.29, 1.82) is 0 Å². The zero-order chi connectivity index (χ0) is 13.6. The van der Waals surface area contributed by atoms with Crippen LogP contribution in [0, 0.1) is 0 Å². The Balaban J connectivity index is 2.81. The Morgan fingerprint density at radius 2 is 1.89 bits per heavy atom. The molecule has 0 aliphatic rings. The van der Waals surface area contributed by atoms with Gasteiger partial charge in [0.15, 0.2) is 5.78 Å². The molecule has 0 saturated carbocycles. The summed E-state index contributed by atoms with van der Waals surface area (Å²) in [6.07, 6.45) is 1.72. The van der Waals surface area contributed by atoms with Gasteiger partial charge in [0.1, 0.15) is 0 Å². The second-order valence-electron chi connectivity index (χ2n) is 3.83. The van der Waals surface area contributed by atoms with Gasteiger partial charge in [-0.05, 0) is 18.6 Å². The summed E-state index contributed by atoms with van der Waals surface area (Å²) in [6, 6.07) is 5.76. The Bertz CT molecular complexity index is 497. The Morgan fingerprint density at radius 1 is 1.28 bits per heavy atom. The molecule has 0 heterocycles. The number of ketones is 1. The summed E-state index contributed by atoms with van der Waals surface area (Å²) < 4.78 is 26.2. The number of hydrogen-bond acceptors (Lipinski definition) is 3. The van der Waals surface area contributed by atoms with Crippen molar-refractivity contribution in [3.63, 3.8) is 0 Å². The maximum absolute atomic E-state index is 11.8. The number of nitrogens with one attached hydrogen (secondary N) is 1. The van der Waals surface area contributed by atoms with Gasteiger partial charge in [-0.15, -0.1) is 11.6 Å². The van der Waals surface area contributed by atoms with Gasteiger partial charge in [-0.25, -0.2) is 13.1 Å². The molecule has 0 aromatic heterocycles. The van der Waals surface area contributed by atoms with Crippen molar-refractivity contribution in [2.75, 3.05) is 12.4 Å². The Kier molecular flexibility index (Phi) is 5.78. The van der Waals surface area contributed by atoms with Crippen molar-refractivity contribution in [3.05, 3.63) is 29.8 Å². The van der Waals surface area contributed by atoms with Crippen LogP contribution in [0.25, 0.3) is 0 Å². The van der Waals surface area contributed by atoms with E-state index in [-0.39, 0.29) is 16.6 Å². The summed E-state index contributed by atoms with van der Waals surface area (Å²) in [6.45, 7) is 2.40. The maximum atomic E-state index is 11.8. The first-order chi connectivity index (χ1) is 8.51. The minimum absolute atomic E-state index is 0.110. The molecular formula is C12H16ClNO3S. The number of rotatable bonds is 7. The number of sulfonamides is 1. The van der Waals surface area contributed by atoms with Gasteiger partial charge in [0, 0.05) is 12.1 Å². The molecule has 1 rings (SSSR count). The molecule has 1 N–H and O–H groups in total. The van der Waals surface area contributed by atoms with Gasteiger partial charge >= 0.3 is 0 Å². The summed E-state index contributed by atoms with van der Waals surface area (Å²) in [5.74, 6) is -0.333. The molecule has 0 spiro atoms. The van der Waals surface area contributed by atoms with E-state index in [2.05, 4.69) is 4.72 Å². The third-order valence-corrected chi connectivity index (χ3v) is 4.15. The van der Waals surface area contributed by atoms with Crippen LogP contribution in [0.15, 0.2) is 29.2 Å². The van der Waals surface area contributed by atoms with Crippen molar-refractivity contribution in [2.45, 2.75) is 24.7 Å². The smallest absolute Gasteiger partial charge is 0.240 e. The average Bonchev–Trinajstić information content (AvgIpc) is 2.38. The third kappa shape index (κ3) is 4.08. The number of benzene rings is 1. The minimum Gasteiger partial charge on any atom is -0.293 e. The number of Topliss-reactive ketones (excluding diaryl/α,β-unsaturated/α-hetero) is 1. The van der Waals surface area contributed by atoms with E-state index in [1.807, 2.05) is 6.92 Å². The molecule has 4 nitrogen and oxygen atoms in total. The molecule has 0 aliphatic carbocycles. The molecule has 0 atom stereocenters. The second kappa shape index (κ2) is 6.87. The molecule has 18 heavy (non-hydrogen) atoms. The van der Waals surface area contributed by atoms with E-state index in [0.717, 1.165) is 12.8 Å². The standard InChI is InChI=1S/C12H16ClNO3S/c1-2-3-8-14-18(16,17)11-6-4-10(5-7-11)12(15)9-13/h4-7,14H,2-3,8-9H2,1H3. The van der Waals surface area contributed by atoms with E-state index in [0.29, 0.717) is 12.1 Å². The van der Waals surface area contributed by atoms with E-state index in [4.69, 9.17) is 11.6 Å². The minimum atomic E-state index is -3.48. The first-order valence-corrected chi connectivity index (χ1v) is 7.72. The first-order valence-electron chi connectivity index (χ1n) is 5.70. The summed E-state index contributed by atoms with van der Waals surface area (Å²) in [4.78, 5) is 11.4. The van der Waals surface area contributed by atoms with Crippen molar-refractivity contribution in [2.24, 2.45) is 0 Å². The number of alkyl halides is 1. The van der Waals surface area contributed by atoms with Crippen LogP contribution in [0.3, 0.4) is 0 Å². The third-order valence-electron chi connectivity index (χ3n) is 2.43. The molecule has 6 heteroatoms. The van der Waals surface area contributed by atoms with Crippen molar-refractivity contribution in [1.82, 2.24) is 4.72 Å². The zero-order valence-corrected chi connectivity index (χ0v) is 11.7. The Labute approximate surface area is 112 Å². The lowest BCUT2D eigenvalue weighted by atomic mass is 10.1. The maximum Gasteiger partial charge on any atom is 0.240 e. The predicted molar refractivity (Wildman–Crippen MR) is 71.6 cm³/mol. The van der Waals surface area contributed by atoms with Crippen LogP contribution < -0.4 is 4.72 Å². The molecule has 0 bridgehead atoms. The summed E-state index contributed by atoms with van der Waals surface area (Å²) in [5, 5.41) is 0. The van der Waals surface area contributed by atoms with Crippen LogP contribution in [0.2, 0.25) is 0 Å². The average molecular weight is 290 g/mol. The molecule has 0 saturated heterocycles. The molecule has 0 radical (unpaired) electrons. The van der Waals surface area contributed by atoms with Crippen LogP contribution in [0.5, 0.6) is 0 Å². The van der Waals surface area contributed by atoms with Gasteiger partial charge < -0.3 is 0 Å². The summed E-state index contributed by atoms with van der Waals surface area (Å²) >= 11 is 5.42. The van der Waals surface area contributed by atoms with Crippen LogP contribution in [0.4, 0.5) is 0 Å². The van der Waals surface area contributed by atoms with Gasteiger partial charge in [-0.1, -0.05) is 25.5 Å². The highest BCUT2D eigenvalue weighted by atomic mass is 35.5. The van der Waals surface area contributed by atoms with Crippen molar-refractivity contribution in [3.8, 4) is 0 Å². The van der Waals surface area contributed by atoms with Gasteiger partial charge in [0.05, 0.1) is 10.8 Å². The number of hydrogen-bond donors (Lipinski definition) is 1. The van der Waals surface area contributed by atoms with E-state index in [9.17, 15) is 13.2 Å². The Morgan fingerprint density at radius 3 is 2.39 bits per heavy atom. The molecule has 100 valence electrons. The monoisotopic (exact) mass is 289 g/mol. The van der Waals surface area contributed by atoms with Gasteiger partial charge in [0.2, 0.25) is 10.0 Å². The zero-order valence-electron chi connectivity index (χ0n) is 10.1. The topological polar surface area (TPSA) is 63.2 Å². The lowest BCUT2D eigenvalue weighted by Crippen LogP contribution is -2.24. The lowest BCUT2D eigenvalue weighted by molar-refractivity contribution is 0.102. The lowest BCUT2D eigenvalue weighted by Gasteiger charge is -2.06. The fourth-order valence-electron chi connectivity index (χ4n) is 1.36. The van der Waals surface area contributed by atoms with Crippen LogP contribution in [-0.4, -0.2) is 26.6 Å². The van der Waals surface area contributed by atoms with Gasteiger partial charge in [-0.3, -0.25) is 4.79 Å². The molecular weight excluding hydrogens is 274 g/mol. The second-order valence-corrected chi connectivity index (χ2v) is 5.87. The van der Waals surface area contributed by atoms with Gasteiger partial charge in [0.25, 0.3) is 0 Å². The van der Waals surface area contributed by atoms with Crippen LogP contribution in [-0.2, 0) is 10.0 Å². The number of carbonyl (C=O) groups excluding carboxylic acids is 1. The first kappa shape index (κ1) is 15.1. The highest BCUT2D eigenvalue weighted by Crippen LogP contribution is 2.11. The van der Waals surface area contributed by atoms with Crippen molar-refractivity contribution >= 4 is 27.4 Å². The molecule has 0 aliphatic heterocycles. The molecule has 1 aromatic rings. The highest BCUT2D eigenvalue weighted by Gasteiger charge is 2.13. The number of carbonyl (C=O) groups is 1.